The van der Waals surface area contributed by atoms with E-state index in [1.807, 2.05) is 4.90 Å². The fourth-order valence-electron chi connectivity index (χ4n) is 3.49. The second-order valence-corrected chi connectivity index (χ2v) is 6.53. The Bertz CT molecular complexity index is 492. The molecule has 3 heteroatoms. The summed E-state index contributed by atoms with van der Waals surface area (Å²) >= 11 is 0. The van der Waals surface area contributed by atoms with Crippen molar-refractivity contribution in [3.05, 3.63) is 35.4 Å². The van der Waals surface area contributed by atoms with Crippen molar-refractivity contribution in [3.63, 3.8) is 0 Å². The lowest BCUT2D eigenvalue weighted by atomic mass is 9.94. The van der Waals surface area contributed by atoms with Crippen LogP contribution in [-0.4, -0.2) is 23.4 Å². The first-order chi connectivity index (χ1) is 10.2. The van der Waals surface area contributed by atoms with Crippen molar-refractivity contribution in [3.8, 4) is 0 Å². The average molecular weight is 286 g/mol. The van der Waals surface area contributed by atoms with Crippen molar-refractivity contribution < 1.29 is 4.79 Å². The maximum absolute atomic E-state index is 12.4. The lowest BCUT2D eigenvalue weighted by Gasteiger charge is -2.34. The van der Waals surface area contributed by atoms with E-state index >= 15 is 0 Å². The van der Waals surface area contributed by atoms with E-state index in [2.05, 4.69) is 31.2 Å². The largest absolute Gasteiger partial charge is 0.334 e. The van der Waals surface area contributed by atoms with E-state index in [4.69, 9.17) is 5.73 Å². The molecule has 1 aromatic rings. The summed E-state index contributed by atoms with van der Waals surface area (Å²) < 4.78 is 0. The molecule has 1 aromatic carbocycles. The van der Waals surface area contributed by atoms with E-state index in [-0.39, 0.29) is 18.0 Å². The fourth-order valence-corrected chi connectivity index (χ4v) is 3.49. The van der Waals surface area contributed by atoms with Gasteiger partial charge in [0.1, 0.15) is 0 Å². The topological polar surface area (TPSA) is 46.3 Å². The Balaban J connectivity index is 1.87. The van der Waals surface area contributed by atoms with Crippen LogP contribution in [0, 0.1) is 0 Å². The number of hydrogen-bond donors (Lipinski definition) is 1. The van der Waals surface area contributed by atoms with Gasteiger partial charge in [0.05, 0.1) is 6.04 Å². The van der Waals surface area contributed by atoms with E-state index in [9.17, 15) is 4.79 Å². The van der Waals surface area contributed by atoms with Crippen LogP contribution in [0.15, 0.2) is 24.3 Å². The molecule has 1 aliphatic heterocycles. The predicted molar refractivity (Wildman–Crippen MR) is 85.0 cm³/mol. The van der Waals surface area contributed by atoms with Gasteiger partial charge in [-0.05, 0) is 49.1 Å². The molecule has 114 valence electrons. The molecule has 2 fully saturated rings. The van der Waals surface area contributed by atoms with Crippen molar-refractivity contribution in [2.24, 2.45) is 5.73 Å². The van der Waals surface area contributed by atoms with E-state index in [0.717, 1.165) is 31.7 Å². The Labute approximate surface area is 127 Å². The van der Waals surface area contributed by atoms with Crippen LogP contribution in [0.4, 0.5) is 0 Å². The van der Waals surface area contributed by atoms with Crippen molar-refractivity contribution in [2.45, 2.75) is 63.5 Å². The van der Waals surface area contributed by atoms with E-state index in [1.165, 1.54) is 24.0 Å². The molecule has 0 bridgehead atoms. The van der Waals surface area contributed by atoms with E-state index in [0.29, 0.717) is 6.42 Å². The van der Waals surface area contributed by atoms with Gasteiger partial charge in [0.25, 0.3) is 0 Å². The Morgan fingerprint density at radius 3 is 2.43 bits per heavy atom. The zero-order valence-corrected chi connectivity index (χ0v) is 12.9. The van der Waals surface area contributed by atoms with Crippen molar-refractivity contribution in [1.82, 2.24) is 4.90 Å². The molecule has 2 N–H and O–H groups in total. The van der Waals surface area contributed by atoms with Gasteiger partial charge in [0, 0.05) is 19.0 Å². The van der Waals surface area contributed by atoms with Gasteiger partial charge in [-0.1, -0.05) is 31.2 Å². The SMILES string of the molecule is CCCN1C(=O)CCCC(N)C1c1ccc(C2CC2)cc1. The maximum Gasteiger partial charge on any atom is 0.223 e. The Kier molecular flexibility index (Phi) is 4.29. The second-order valence-electron chi connectivity index (χ2n) is 6.53. The summed E-state index contributed by atoms with van der Waals surface area (Å²) in [7, 11) is 0. The van der Waals surface area contributed by atoms with Crippen LogP contribution in [0.3, 0.4) is 0 Å². The highest BCUT2D eigenvalue weighted by Crippen LogP contribution is 2.40. The third kappa shape index (κ3) is 3.13. The maximum atomic E-state index is 12.4. The average Bonchev–Trinajstić information content (AvgIpc) is 3.31. The van der Waals surface area contributed by atoms with Crippen molar-refractivity contribution in [1.29, 1.82) is 0 Å². The van der Waals surface area contributed by atoms with E-state index < -0.39 is 0 Å². The molecule has 1 saturated carbocycles. The van der Waals surface area contributed by atoms with Gasteiger partial charge in [0.15, 0.2) is 0 Å². The number of benzene rings is 1. The van der Waals surface area contributed by atoms with Crippen LogP contribution in [0.1, 0.15) is 68.5 Å². The summed E-state index contributed by atoms with van der Waals surface area (Å²) in [5, 5.41) is 0. The number of nitrogens with zero attached hydrogens (tertiary/aromatic N) is 1. The number of nitrogens with two attached hydrogens (primary N) is 1. The number of carbonyl (C=O) groups excluding carboxylic acids is 1. The molecule has 21 heavy (non-hydrogen) atoms. The zero-order valence-electron chi connectivity index (χ0n) is 12.9. The monoisotopic (exact) mass is 286 g/mol. The minimum atomic E-state index is 0.0493. The van der Waals surface area contributed by atoms with Crippen LogP contribution < -0.4 is 5.73 Å². The molecule has 0 spiro atoms. The van der Waals surface area contributed by atoms with Crippen LogP contribution in [-0.2, 0) is 4.79 Å². The summed E-state index contributed by atoms with van der Waals surface area (Å²) in [5.74, 6) is 1.04. The highest BCUT2D eigenvalue weighted by atomic mass is 16.2. The first-order valence-electron chi connectivity index (χ1n) is 8.35. The normalized spacial score (nSPS) is 26.8. The molecule has 3 rings (SSSR count). The summed E-state index contributed by atoms with van der Waals surface area (Å²) in [4.78, 5) is 14.4. The molecule has 2 aliphatic rings. The van der Waals surface area contributed by atoms with Crippen LogP contribution >= 0.6 is 0 Å². The lowest BCUT2D eigenvalue weighted by molar-refractivity contribution is -0.133. The molecule has 1 amide bonds. The van der Waals surface area contributed by atoms with Crippen molar-refractivity contribution in [2.75, 3.05) is 6.54 Å². The number of hydrogen-bond acceptors (Lipinski definition) is 2. The van der Waals surface area contributed by atoms with Gasteiger partial charge in [0.2, 0.25) is 5.91 Å². The molecule has 1 heterocycles. The highest BCUT2D eigenvalue weighted by Gasteiger charge is 2.32. The quantitative estimate of drug-likeness (QED) is 0.922. The first-order valence-corrected chi connectivity index (χ1v) is 8.35. The molecule has 1 aliphatic carbocycles. The lowest BCUT2D eigenvalue weighted by Crippen LogP contribution is -2.42. The van der Waals surface area contributed by atoms with Gasteiger partial charge >= 0.3 is 0 Å². The molecule has 0 radical (unpaired) electrons. The zero-order chi connectivity index (χ0) is 14.8. The third-order valence-electron chi connectivity index (χ3n) is 4.78. The smallest absolute Gasteiger partial charge is 0.223 e. The molecule has 1 saturated heterocycles. The molecule has 0 aromatic heterocycles. The van der Waals surface area contributed by atoms with Crippen LogP contribution in [0.2, 0.25) is 0 Å². The Morgan fingerprint density at radius 2 is 1.81 bits per heavy atom. The number of amides is 1. The first kappa shape index (κ1) is 14.6. The second kappa shape index (κ2) is 6.18. The Hall–Kier alpha value is -1.35. The van der Waals surface area contributed by atoms with E-state index in [1.54, 1.807) is 0 Å². The molecular formula is C18H26N2O. The highest BCUT2D eigenvalue weighted by molar-refractivity contribution is 5.77. The minimum Gasteiger partial charge on any atom is -0.334 e. The molecule has 2 unspecified atom stereocenters. The minimum absolute atomic E-state index is 0.0493. The van der Waals surface area contributed by atoms with Gasteiger partial charge in [-0.25, -0.2) is 0 Å². The van der Waals surface area contributed by atoms with Gasteiger partial charge in [-0.15, -0.1) is 0 Å². The number of likely N-dealkylation sites (tertiary alicyclic amines) is 1. The van der Waals surface area contributed by atoms with Gasteiger partial charge in [-0.2, -0.15) is 0 Å². The predicted octanol–water partition coefficient (Wildman–Crippen LogP) is 3.35. The van der Waals surface area contributed by atoms with Gasteiger partial charge < -0.3 is 10.6 Å². The summed E-state index contributed by atoms with van der Waals surface area (Å²) in [6.07, 6.45) is 6.11. The van der Waals surface area contributed by atoms with Crippen LogP contribution in [0.5, 0.6) is 0 Å². The summed E-state index contributed by atoms with van der Waals surface area (Å²) in [6, 6.07) is 8.96. The summed E-state index contributed by atoms with van der Waals surface area (Å²) in [6.45, 7) is 2.93. The Morgan fingerprint density at radius 1 is 1.14 bits per heavy atom. The fraction of sp³-hybridized carbons (Fsp3) is 0.611. The standard InChI is InChI=1S/C18H26N2O/c1-2-12-20-17(21)5-3-4-16(19)18(20)15-10-8-14(9-11-15)13-6-7-13/h8-11,13,16,18H,2-7,12,19H2,1H3. The number of carbonyl (C=O) groups is 1. The molecule has 2 atom stereocenters. The van der Waals surface area contributed by atoms with Crippen LogP contribution in [0.25, 0.3) is 0 Å². The molecule has 3 nitrogen and oxygen atoms in total. The van der Waals surface area contributed by atoms with Gasteiger partial charge in [-0.3, -0.25) is 4.79 Å². The number of rotatable bonds is 4. The third-order valence-corrected chi connectivity index (χ3v) is 4.78. The van der Waals surface area contributed by atoms with Crippen molar-refractivity contribution >= 4 is 5.91 Å². The summed E-state index contributed by atoms with van der Waals surface area (Å²) in [5.41, 5.74) is 9.05. The molecular weight excluding hydrogens is 260 g/mol.